The maximum Gasteiger partial charge on any atom is 0.307 e. The number of rotatable bonds is 3. The molecule has 21 heavy (non-hydrogen) atoms. The molecule has 0 spiro atoms. The number of carboxylic acids is 1. The number of amides is 2. The van der Waals surface area contributed by atoms with Gasteiger partial charge in [-0.05, 0) is 43.9 Å². The minimum atomic E-state index is -0.826. The number of nitrogens with two attached hydrogens (primary N) is 1. The summed E-state index contributed by atoms with van der Waals surface area (Å²) in [4.78, 5) is 37.2. The Morgan fingerprint density at radius 1 is 0.952 bits per heavy atom. The smallest absolute Gasteiger partial charge is 0.307 e. The molecule has 0 aromatic carbocycles. The van der Waals surface area contributed by atoms with Crippen molar-refractivity contribution in [3.05, 3.63) is 0 Å². The van der Waals surface area contributed by atoms with Crippen LogP contribution >= 0.6 is 0 Å². The molecule has 3 aliphatic rings. The molecule has 2 bridgehead atoms. The Bertz CT molecular complexity index is 470. The van der Waals surface area contributed by atoms with Gasteiger partial charge in [-0.15, -0.1) is 0 Å². The van der Waals surface area contributed by atoms with Crippen molar-refractivity contribution < 1.29 is 19.5 Å². The van der Waals surface area contributed by atoms with Gasteiger partial charge in [0, 0.05) is 19.0 Å². The van der Waals surface area contributed by atoms with E-state index in [2.05, 4.69) is 0 Å². The second kappa shape index (κ2) is 5.31. The highest BCUT2D eigenvalue weighted by atomic mass is 16.4. The SMILES string of the molecule is NC(=O)C1CCN(C(=O)[C@H]2[C@H]3CC[C@H](C3)[C@H]2C(=O)O)CC1. The van der Waals surface area contributed by atoms with Crippen molar-refractivity contribution in [3.63, 3.8) is 0 Å². The van der Waals surface area contributed by atoms with E-state index in [4.69, 9.17) is 5.73 Å². The highest BCUT2D eigenvalue weighted by Gasteiger charge is 2.54. The van der Waals surface area contributed by atoms with Gasteiger partial charge in [-0.25, -0.2) is 0 Å². The van der Waals surface area contributed by atoms with Gasteiger partial charge in [0.05, 0.1) is 11.8 Å². The first-order chi connectivity index (χ1) is 9.99. The summed E-state index contributed by atoms with van der Waals surface area (Å²) in [5, 5.41) is 9.44. The third-order valence-electron chi connectivity index (χ3n) is 5.70. The van der Waals surface area contributed by atoms with Gasteiger partial charge < -0.3 is 15.7 Å². The Labute approximate surface area is 123 Å². The van der Waals surface area contributed by atoms with Crippen LogP contribution in [0.1, 0.15) is 32.1 Å². The molecular formula is C15H22N2O4. The standard InChI is InChI=1S/C15H22N2O4/c16-13(18)8-3-5-17(6-4-8)14(19)11-9-1-2-10(7-9)12(11)15(20)21/h8-12H,1-7H2,(H2,16,18)(H,20,21)/t9-,10+,11-,12+/m0/s1. The second-order valence-electron chi connectivity index (χ2n) is 6.72. The Morgan fingerprint density at radius 3 is 2.05 bits per heavy atom. The topological polar surface area (TPSA) is 101 Å². The van der Waals surface area contributed by atoms with E-state index in [-0.39, 0.29) is 35.5 Å². The van der Waals surface area contributed by atoms with Crippen LogP contribution in [0, 0.1) is 29.6 Å². The maximum absolute atomic E-state index is 12.7. The average molecular weight is 294 g/mol. The number of carbonyl (C=O) groups is 3. The summed E-state index contributed by atoms with van der Waals surface area (Å²) in [6.07, 6.45) is 3.99. The van der Waals surface area contributed by atoms with Crippen molar-refractivity contribution in [1.82, 2.24) is 4.90 Å². The average Bonchev–Trinajstić information content (AvgIpc) is 3.07. The van der Waals surface area contributed by atoms with E-state index < -0.39 is 11.9 Å². The van der Waals surface area contributed by atoms with Crippen LogP contribution in [0.5, 0.6) is 0 Å². The van der Waals surface area contributed by atoms with Crippen LogP contribution in [0.4, 0.5) is 0 Å². The van der Waals surface area contributed by atoms with Crippen molar-refractivity contribution >= 4 is 17.8 Å². The van der Waals surface area contributed by atoms with Crippen LogP contribution in [0.25, 0.3) is 0 Å². The van der Waals surface area contributed by atoms with Gasteiger partial charge in [0.15, 0.2) is 0 Å². The lowest BCUT2D eigenvalue weighted by atomic mass is 9.78. The summed E-state index contributed by atoms with van der Waals surface area (Å²) in [5.74, 6) is -1.75. The predicted octanol–water partition coefficient (Wildman–Crippen LogP) is 0.457. The summed E-state index contributed by atoms with van der Waals surface area (Å²) in [6.45, 7) is 1.04. The summed E-state index contributed by atoms with van der Waals surface area (Å²) in [5.41, 5.74) is 5.30. The quantitative estimate of drug-likeness (QED) is 0.789. The molecule has 2 saturated carbocycles. The molecule has 3 N–H and O–H groups in total. The molecule has 0 aromatic rings. The van der Waals surface area contributed by atoms with Gasteiger partial charge in [-0.3, -0.25) is 14.4 Å². The summed E-state index contributed by atoms with van der Waals surface area (Å²) in [7, 11) is 0. The summed E-state index contributed by atoms with van der Waals surface area (Å²) >= 11 is 0. The van der Waals surface area contributed by atoms with E-state index in [1.54, 1.807) is 4.90 Å². The molecule has 3 fully saturated rings. The monoisotopic (exact) mass is 294 g/mol. The third kappa shape index (κ3) is 2.40. The number of hydrogen-bond donors (Lipinski definition) is 2. The number of carbonyl (C=O) groups excluding carboxylic acids is 2. The molecule has 0 radical (unpaired) electrons. The van der Waals surface area contributed by atoms with Crippen molar-refractivity contribution in [1.29, 1.82) is 0 Å². The van der Waals surface area contributed by atoms with Gasteiger partial charge >= 0.3 is 5.97 Å². The lowest BCUT2D eigenvalue weighted by molar-refractivity contribution is -0.153. The van der Waals surface area contributed by atoms with Gasteiger partial charge in [0.25, 0.3) is 0 Å². The van der Waals surface area contributed by atoms with Crippen LogP contribution in [0.3, 0.4) is 0 Å². The number of piperidine rings is 1. The zero-order valence-corrected chi connectivity index (χ0v) is 12.0. The number of primary amides is 1. The molecule has 2 aliphatic carbocycles. The van der Waals surface area contributed by atoms with Crippen LogP contribution in [-0.4, -0.2) is 40.9 Å². The molecule has 2 amide bonds. The van der Waals surface area contributed by atoms with E-state index in [0.717, 1.165) is 19.3 Å². The minimum absolute atomic E-state index is 0.0162. The molecule has 1 saturated heterocycles. The maximum atomic E-state index is 12.7. The van der Waals surface area contributed by atoms with Crippen molar-refractivity contribution in [2.75, 3.05) is 13.1 Å². The molecule has 1 aliphatic heterocycles. The Kier molecular flexibility index (Phi) is 3.63. The molecule has 0 aromatic heterocycles. The zero-order chi connectivity index (χ0) is 15.1. The van der Waals surface area contributed by atoms with Crippen molar-refractivity contribution in [2.45, 2.75) is 32.1 Å². The Hall–Kier alpha value is -1.59. The molecule has 4 atom stereocenters. The fraction of sp³-hybridized carbons (Fsp3) is 0.800. The van der Waals surface area contributed by atoms with Gasteiger partial charge in [0.1, 0.15) is 0 Å². The van der Waals surface area contributed by atoms with Crippen molar-refractivity contribution in [3.8, 4) is 0 Å². The van der Waals surface area contributed by atoms with E-state index in [9.17, 15) is 19.5 Å². The van der Waals surface area contributed by atoms with E-state index in [1.807, 2.05) is 0 Å². The van der Waals surface area contributed by atoms with E-state index in [0.29, 0.717) is 25.9 Å². The third-order valence-corrected chi connectivity index (χ3v) is 5.70. The molecule has 3 rings (SSSR count). The highest BCUT2D eigenvalue weighted by Crippen LogP contribution is 2.53. The van der Waals surface area contributed by atoms with Crippen LogP contribution < -0.4 is 5.73 Å². The van der Waals surface area contributed by atoms with Gasteiger partial charge in [0.2, 0.25) is 11.8 Å². The minimum Gasteiger partial charge on any atom is -0.481 e. The first kappa shape index (κ1) is 14.4. The zero-order valence-electron chi connectivity index (χ0n) is 12.0. The Morgan fingerprint density at radius 2 is 1.52 bits per heavy atom. The van der Waals surface area contributed by atoms with E-state index in [1.165, 1.54) is 0 Å². The predicted molar refractivity (Wildman–Crippen MR) is 73.9 cm³/mol. The fourth-order valence-electron chi connectivity index (χ4n) is 4.60. The first-order valence-corrected chi connectivity index (χ1v) is 7.80. The van der Waals surface area contributed by atoms with Crippen LogP contribution in [0.2, 0.25) is 0 Å². The first-order valence-electron chi connectivity index (χ1n) is 7.80. The van der Waals surface area contributed by atoms with Crippen molar-refractivity contribution in [2.24, 2.45) is 35.3 Å². The lowest BCUT2D eigenvalue weighted by Crippen LogP contribution is -2.48. The van der Waals surface area contributed by atoms with Crippen LogP contribution in [-0.2, 0) is 14.4 Å². The highest BCUT2D eigenvalue weighted by molar-refractivity contribution is 5.86. The van der Waals surface area contributed by atoms with E-state index >= 15 is 0 Å². The molecule has 1 heterocycles. The molecular weight excluding hydrogens is 272 g/mol. The number of likely N-dealkylation sites (tertiary alicyclic amines) is 1. The largest absolute Gasteiger partial charge is 0.481 e. The fourth-order valence-corrected chi connectivity index (χ4v) is 4.60. The number of fused-ring (bicyclic) bond motifs is 2. The Balaban J connectivity index is 1.68. The number of hydrogen-bond acceptors (Lipinski definition) is 3. The van der Waals surface area contributed by atoms with Gasteiger partial charge in [-0.2, -0.15) is 0 Å². The molecule has 116 valence electrons. The number of carboxylic acid groups (broad SMARTS) is 1. The molecule has 6 nitrogen and oxygen atoms in total. The molecule has 6 heteroatoms. The summed E-state index contributed by atoms with van der Waals surface area (Å²) in [6, 6.07) is 0. The lowest BCUT2D eigenvalue weighted by Gasteiger charge is -2.36. The van der Waals surface area contributed by atoms with Crippen LogP contribution in [0.15, 0.2) is 0 Å². The second-order valence-corrected chi connectivity index (χ2v) is 6.72. The summed E-state index contributed by atoms with van der Waals surface area (Å²) < 4.78 is 0. The normalized spacial score (nSPS) is 35.9. The van der Waals surface area contributed by atoms with Gasteiger partial charge in [-0.1, -0.05) is 0 Å². The number of aliphatic carboxylic acids is 1. The molecule has 0 unspecified atom stereocenters. The number of nitrogens with zero attached hydrogens (tertiary/aromatic N) is 1.